The van der Waals surface area contributed by atoms with Gasteiger partial charge in [0.2, 0.25) is 0 Å². The molecular formula is C19H22ClNO2. The van der Waals surface area contributed by atoms with Gasteiger partial charge < -0.3 is 9.64 Å². The summed E-state index contributed by atoms with van der Waals surface area (Å²) in [7, 11) is 0. The fraction of sp³-hybridized carbons (Fsp3) is 0.316. The number of rotatable bonds is 6. The Hall–Kier alpha value is -2.00. The summed E-state index contributed by atoms with van der Waals surface area (Å²) < 4.78 is 5.75. The Labute approximate surface area is 142 Å². The Morgan fingerprint density at radius 2 is 1.78 bits per heavy atom. The molecule has 0 bridgehead atoms. The van der Waals surface area contributed by atoms with Crippen LogP contribution in [-0.2, 0) is 11.3 Å². The molecule has 0 saturated carbocycles. The second kappa shape index (κ2) is 8.02. The Bertz CT molecular complexity index is 643. The summed E-state index contributed by atoms with van der Waals surface area (Å²) in [6.45, 7) is 6.35. The minimum atomic E-state index is -0.570. The zero-order valence-electron chi connectivity index (χ0n) is 13.7. The van der Waals surface area contributed by atoms with Gasteiger partial charge in [0.25, 0.3) is 5.91 Å². The molecule has 2 aromatic rings. The van der Waals surface area contributed by atoms with Crippen molar-refractivity contribution in [1.29, 1.82) is 0 Å². The van der Waals surface area contributed by atoms with Gasteiger partial charge in [0, 0.05) is 17.6 Å². The number of carbonyl (C=O) groups is 1. The quantitative estimate of drug-likeness (QED) is 0.777. The van der Waals surface area contributed by atoms with Crippen molar-refractivity contribution in [3.63, 3.8) is 0 Å². The zero-order chi connectivity index (χ0) is 16.8. The largest absolute Gasteiger partial charge is 0.481 e. The molecule has 0 N–H and O–H groups in total. The highest BCUT2D eigenvalue weighted by atomic mass is 35.5. The lowest BCUT2D eigenvalue weighted by Gasteiger charge is -2.29. The van der Waals surface area contributed by atoms with E-state index < -0.39 is 6.10 Å². The molecule has 122 valence electrons. The van der Waals surface area contributed by atoms with Crippen LogP contribution < -0.4 is 4.74 Å². The van der Waals surface area contributed by atoms with Gasteiger partial charge in [-0.1, -0.05) is 48.0 Å². The SMILES string of the molecule is CC(C)N(Cc1ccccc1)C(=O)[C@@H](C)Oc1cccc(Cl)c1. The highest BCUT2D eigenvalue weighted by Gasteiger charge is 2.24. The van der Waals surface area contributed by atoms with E-state index in [1.54, 1.807) is 31.2 Å². The molecule has 0 fully saturated rings. The van der Waals surface area contributed by atoms with Crippen molar-refractivity contribution in [2.45, 2.75) is 39.5 Å². The standard InChI is InChI=1S/C19H22ClNO2/c1-14(2)21(13-16-8-5-4-6-9-16)19(22)15(3)23-18-11-7-10-17(20)12-18/h4-12,14-15H,13H2,1-3H3/t15-/m1/s1. The first-order valence-electron chi connectivity index (χ1n) is 7.74. The maximum Gasteiger partial charge on any atom is 0.263 e. The summed E-state index contributed by atoms with van der Waals surface area (Å²) in [4.78, 5) is 14.6. The fourth-order valence-electron chi connectivity index (χ4n) is 2.32. The molecule has 2 rings (SSSR count). The van der Waals surface area contributed by atoms with E-state index >= 15 is 0 Å². The lowest BCUT2D eigenvalue weighted by Crippen LogP contribution is -2.43. The van der Waals surface area contributed by atoms with Gasteiger partial charge in [-0.3, -0.25) is 4.79 Å². The van der Waals surface area contributed by atoms with Crippen LogP contribution in [0.3, 0.4) is 0 Å². The number of nitrogens with zero attached hydrogens (tertiary/aromatic N) is 1. The molecule has 0 unspecified atom stereocenters. The van der Waals surface area contributed by atoms with Crippen LogP contribution in [0.25, 0.3) is 0 Å². The van der Waals surface area contributed by atoms with E-state index in [1.807, 2.05) is 49.1 Å². The molecule has 1 atom stereocenters. The average Bonchev–Trinajstić information content (AvgIpc) is 2.52. The number of hydrogen-bond donors (Lipinski definition) is 0. The predicted molar refractivity (Wildman–Crippen MR) is 93.7 cm³/mol. The van der Waals surface area contributed by atoms with E-state index in [2.05, 4.69) is 0 Å². The summed E-state index contributed by atoms with van der Waals surface area (Å²) in [6, 6.07) is 17.1. The summed E-state index contributed by atoms with van der Waals surface area (Å²) in [5, 5.41) is 0.590. The molecule has 0 radical (unpaired) electrons. The number of halogens is 1. The van der Waals surface area contributed by atoms with Gasteiger partial charge in [-0.25, -0.2) is 0 Å². The lowest BCUT2D eigenvalue weighted by atomic mass is 10.1. The third kappa shape index (κ3) is 5.00. The molecule has 0 spiro atoms. The second-order valence-corrected chi connectivity index (χ2v) is 6.20. The van der Waals surface area contributed by atoms with Crippen molar-refractivity contribution in [2.24, 2.45) is 0 Å². The third-order valence-corrected chi connectivity index (χ3v) is 3.79. The van der Waals surface area contributed by atoms with Gasteiger partial charge in [0.15, 0.2) is 6.10 Å². The second-order valence-electron chi connectivity index (χ2n) is 5.76. The molecule has 1 amide bonds. The molecule has 0 aliphatic carbocycles. The molecule has 2 aromatic carbocycles. The highest BCUT2D eigenvalue weighted by molar-refractivity contribution is 6.30. The molecule has 4 heteroatoms. The number of ether oxygens (including phenoxy) is 1. The normalized spacial score (nSPS) is 12.0. The fourth-order valence-corrected chi connectivity index (χ4v) is 2.50. The van der Waals surface area contributed by atoms with Gasteiger partial charge in [0.1, 0.15) is 5.75 Å². The summed E-state index contributed by atoms with van der Waals surface area (Å²) >= 11 is 5.95. The van der Waals surface area contributed by atoms with Crippen molar-refractivity contribution in [1.82, 2.24) is 4.90 Å². The molecular weight excluding hydrogens is 310 g/mol. The number of hydrogen-bond acceptors (Lipinski definition) is 2. The van der Waals surface area contributed by atoms with Crippen molar-refractivity contribution < 1.29 is 9.53 Å². The number of carbonyl (C=O) groups excluding carboxylic acids is 1. The van der Waals surface area contributed by atoms with Crippen LogP contribution in [0, 0.1) is 0 Å². The molecule has 0 heterocycles. The van der Waals surface area contributed by atoms with Crippen molar-refractivity contribution in [2.75, 3.05) is 0 Å². The van der Waals surface area contributed by atoms with E-state index in [0.29, 0.717) is 17.3 Å². The van der Waals surface area contributed by atoms with Crippen molar-refractivity contribution in [3.8, 4) is 5.75 Å². The number of benzene rings is 2. The van der Waals surface area contributed by atoms with Gasteiger partial charge in [-0.05, 0) is 44.5 Å². The van der Waals surface area contributed by atoms with Crippen molar-refractivity contribution >= 4 is 17.5 Å². The molecule has 0 aliphatic rings. The zero-order valence-corrected chi connectivity index (χ0v) is 14.5. The Balaban J connectivity index is 2.07. The molecule has 0 saturated heterocycles. The molecule has 0 aromatic heterocycles. The first-order valence-corrected chi connectivity index (χ1v) is 8.12. The van der Waals surface area contributed by atoms with E-state index in [4.69, 9.17) is 16.3 Å². The van der Waals surface area contributed by atoms with Crippen LogP contribution in [0.4, 0.5) is 0 Å². The van der Waals surface area contributed by atoms with E-state index in [-0.39, 0.29) is 11.9 Å². The molecule has 23 heavy (non-hydrogen) atoms. The van der Waals surface area contributed by atoms with Gasteiger partial charge in [-0.15, -0.1) is 0 Å². The van der Waals surface area contributed by atoms with E-state index in [1.165, 1.54) is 0 Å². The topological polar surface area (TPSA) is 29.5 Å². The summed E-state index contributed by atoms with van der Waals surface area (Å²) in [6.07, 6.45) is -0.570. The summed E-state index contributed by atoms with van der Waals surface area (Å²) in [5.41, 5.74) is 1.10. The lowest BCUT2D eigenvalue weighted by molar-refractivity contribution is -0.140. The van der Waals surface area contributed by atoms with Crippen molar-refractivity contribution in [3.05, 3.63) is 65.2 Å². The van der Waals surface area contributed by atoms with Gasteiger partial charge >= 0.3 is 0 Å². The van der Waals surface area contributed by atoms with E-state index in [0.717, 1.165) is 5.56 Å². The maximum absolute atomic E-state index is 12.7. The summed E-state index contributed by atoms with van der Waals surface area (Å²) in [5.74, 6) is 0.561. The average molecular weight is 332 g/mol. The maximum atomic E-state index is 12.7. The number of amides is 1. The van der Waals surface area contributed by atoms with Crippen LogP contribution in [0.2, 0.25) is 5.02 Å². The predicted octanol–water partition coefficient (Wildman–Crippen LogP) is 4.54. The minimum absolute atomic E-state index is 0.0381. The third-order valence-electron chi connectivity index (χ3n) is 3.56. The van der Waals surface area contributed by atoms with E-state index in [9.17, 15) is 4.79 Å². The van der Waals surface area contributed by atoms with Crippen LogP contribution in [0.15, 0.2) is 54.6 Å². The van der Waals surface area contributed by atoms with Gasteiger partial charge in [-0.2, -0.15) is 0 Å². The Kier molecular flexibility index (Phi) is 6.05. The monoisotopic (exact) mass is 331 g/mol. The minimum Gasteiger partial charge on any atom is -0.481 e. The smallest absolute Gasteiger partial charge is 0.263 e. The first kappa shape index (κ1) is 17.4. The molecule has 3 nitrogen and oxygen atoms in total. The van der Waals surface area contributed by atoms with Crippen LogP contribution in [-0.4, -0.2) is 23.0 Å². The van der Waals surface area contributed by atoms with Crippen LogP contribution in [0.1, 0.15) is 26.3 Å². The highest BCUT2D eigenvalue weighted by Crippen LogP contribution is 2.19. The Morgan fingerprint density at radius 1 is 1.09 bits per heavy atom. The molecule has 0 aliphatic heterocycles. The van der Waals surface area contributed by atoms with Crippen LogP contribution >= 0.6 is 11.6 Å². The Morgan fingerprint density at radius 3 is 2.39 bits per heavy atom. The van der Waals surface area contributed by atoms with Crippen LogP contribution in [0.5, 0.6) is 5.75 Å². The van der Waals surface area contributed by atoms with Gasteiger partial charge in [0.05, 0.1) is 0 Å². The first-order chi connectivity index (χ1) is 11.0.